The van der Waals surface area contributed by atoms with Crippen LogP contribution in [-0.4, -0.2) is 22.2 Å². The molecule has 0 radical (unpaired) electrons. The van der Waals surface area contributed by atoms with Crippen molar-refractivity contribution in [2.24, 2.45) is 11.3 Å². The Hall–Kier alpha value is 0.576. The van der Waals surface area contributed by atoms with E-state index in [1.54, 1.807) is 0 Å². The Bertz CT molecular complexity index is 244. The van der Waals surface area contributed by atoms with Gasteiger partial charge in [0.2, 0.25) is 0 Å². The Balaban J connectivity index is -0.00000112. The quantitative estimate of drug-likeness (QED) is 0.366. The zero-order valence-corrected chi connectivity index (χ0v) is 14.4. The monoisotopic (exact) mass is 270 g/mol. The molecule has 0 saturated heterocycles. The molecule has 0 aromatic heterocycles. The van der Waals surface area contributed by atoms with E-state index in [2.05, 4.69) is 6.92 Å². The van der Waals surface area contributed by atoms with Gasteiger partial charge in [0.05, 0.1) is 0 Å². The van der Waals surface area contributed by atoms with Gasteiger partial charge in [-0.05, 0) is 19.3 Å². The molecular formula is C12H23KO4. The molecule has 5 heteroatoms. The van der Waals surface area contributed by atoms with E-state index in [4.69, 9.17) is 10.2 Å². The second-order valence-electron chi connectivity index (χ2n) is 4.41. The molecule has 0 spiro atoms. The molecule has 4 nitrogen and oxygen atoms in total. The van der Waals surface area contributed by atoms with Crippen molar-refractivity contribution in [1.29, 1.82) is 0 Å². The summed E-state index contributed by atoms with van der Waals surface area (Å²) in [5.74, 6) is -2.76. The Kier molecular flexibility index (Phi) is 11.1. The van der Waals surface area contributed by atoms with E-state index in [0.29, 0.717) is 12.8 Å². The van der Waals surface area contributed by atoms with Crippen molar-refractivity contribution in [2.45, 2.75) is 52.9 Å². The van der Waals surface area contributed by atoms with E-state index < -0.39 is 17.4 Å². The van der Waals surface area contributed by atoms with E-state index in [1.165, 1.54) is 6.92 Å². The van der Waals surface area contributed by atoms with Crippen LogP contribution >= 0.6 is 0 Å². The SMILES string of the molecule is CCCCCC(CC)C(C)(C(=O)O)C(=O)O.[H-].[K+]. The van der Waals surface area contributed by atoms with Gasteiger partial charge < -0.3 is 11.6 Å². The van der Waals surface area contributed by atoms with Crippen LogP contribution in [0.5, 0.6) is 0 Å². The van der Waals surface area contributed by atoms with Crippen LogP contribution in [0.15, 0.2) is 0 Å². The maximum absolute atomic E-state index is 11.1. The first-order valence-electron chi connectivity index (χ1n) is 5.87. The van der Waals surface area contributed by atoms with Gasteiger partial charge in [-0.3, -0.25) is 9.59 Å². The van der Waals surface area contributed by atoms with Crippen LogP contribution in [0.1, 0.15) is 54.3 Å². The summed E-state index contributed by atoms with van der Waals surface area (Å²) in [5, 5.41) is 18.2. The molecule has 0 heterocycles. The van der Waals surface area contributed by atoms with Crippen molar-refractivity contribution in [1.82, 2.24) is 0 Å². The summed E-state index contributed by atoms with van der Waals surface area (Å²) in [6.45, 7) is 5.23. The minimum Gasteiger partial charge on any atom is -1.00 e. The largest absolute Gasteiger partial charge is 1.00 e. The van der Waals surface area contributed by atoms with Gasteiger partial charge in [-0.2, -0.15) is 0 Å². The fraction of sp³-hybridized carbons (Fsp3) is 0.833. The third-order valence-electron chi connectivity index (χ3n) is 3.35. The molecule has 96 valence electrons. The van der Waals surface area contributed by atoms with Gasteiger partial charge in [0.1, 0.15) is 0 Å². The number of hydrogen-bond acceptors (Lipinski definition) is 2. The van der Waals surface area contributed by atoms with Crippen molar-refractivity contribution in [2.75, 3.05) is 0 Å². The number of rotatable bonds is 8. The van der Waals surface area contributed by atoms with E-state index in [-0.39, 0.29) is 58.7 Å². The maximum atomic E-state index is 11.1. The predicted octanol–water partition coefficient (Wildman–Crippen LogP) is -0.115. The molecule has 0 aliphatic carbocycles. The first-order chi connectivity index (χ1) is 7.41. The molecule has 0 rings (SSSR count). The Labute approximate surface area is 147 Å². The van der Waals surface area contributed by atoms with Crippen LogP contribution in [0.3, 0.4) is 0 Å². The summed E-state index contributed by atoms with van der Waals surface area (Å²) >= 11 is 0. The average molecular weight is 270 g/mol. The van der Waals surface area contributed by atoms with Crippen LogP contribution in [0.2, 0.25) is 0 Å². The summed E-state index contributed by atoms with van der Waals surface area (Å²) in [4.78, 5) is 22.2. The first kappa shape index (κ1) is 19.9. The molecule has 17 heavy (non-hydrogen) atoms. The molecule has 0 saturated carbocycles. The first-order valence-corrected chi connectivity index (χ1v) is 5.87. The number of aliphatic carboxylic acids is 2. The number of carboxylic acids is 2. The second kappa shape index (κ2) is 9.50. The normalized spacial score (nSPS) is 12.6. The predicted molar refractivity (Wildman–Crippen MR) is 62.4 cm³/mol. The second-order valence-corrected chi connectivity index (χ2v) is 4.41. The molecule has 0 aromatic rings. The minimum absolute atomic E-state index is 0. The Morgan fingerprint density at radius 3 is 1.94 bits per heavy atom. The molecule has 0 bridgehead atoms. The molecule has 0 aliphatic heterocycles. The molecule has 0 amide bonds. The van der Waals surface area contributed by atoms with Crippen LogP contribution in [0.25, 0.3) is 0 Å². The fourth-order valence-electron chi connectivity index (χ4n) is 1.98. The van der Waals surface area contributed by atoms with Gasteiger partial charge in [0.25, 0.3) is 0 Å². The summed E-state index contributed by atoms with van der Waals surface area (Å²) in [6, 6.07) is 0. The summed E-state index contributed by atoms with van der Waals surface area (Å²) in [7, 11) is 0. The molecule has 0 aliphatic rings. The third kappa shape index (κ3) is 5.38. The number of carbonyl (C=O) groups is 2. The number of hydrogen-bond donors (Lipinski definition) is 2. The topological polar surface area (TPSA) is 74.6 Å². The van der Waals surface area contributed by atoms with Crippen LogP contribution in [0.4, 0.5) is 0 Å². The van der Waals surface area contributed by atoms with Gasteiger partial charge >= 0.3 is 63.3 Å². The standard InChI is InChI=1S/C12H22O4.K.H/c1-4-6-7-8-9(5-2)12(3,10(13)14)11(15)16;;/h9H,4-8H2,1-3H3,(H,13,14)(H,15,16);;/q;+1;-1. The van der Waals surface area contributed by atoms with Crippen molar-refractivity contribution in [3.63, 3.8) is 0 Å². The van der Waals surface area contributed by atoms with Crippen molar-refractivity contribution in [3.05, 3.63) is 0 Å². The van der Waals surface area contributed by atoms with Crippen LogP contribution < -0.4 is 51.4 Å². The van der Waals surface area contributed by atoms with Gasteiger partial charge in [0, 0.05) is 0 Å². The van der Waals surface area contributed by atoms with E-state index in [0.717, 1.165) is 19.3 Å². The molecule has 0 fully saturated rings. The summed E-state index contributed by atoms with van der Waals surface area (Å²) in [5.41, 5.74) is -1.65. The summed E-state index contributed by atoms with van der Waals surface area (Å²) < 4.78 is 0. The number of carboxylic acid groups (broad SMARTS) is 2. The van der Waals surface area contributed by atoms with Crippen LogP contribution in [0, 0.1) is 11.3 Å². The molecule has 1 unspecified atom stereocenters. The third-order valence-corrected chi connectivity index (χ3v) is 3.35. The van der Waals surface area contributed by atoms with Gasteiger partial charge in [0.15, 0.2) is 5.41 Å². The number of unbranched alkanes of at least 4 members (excludes halogenated alkanes) is 2. The molecular weight excluding hydrogens is 247 g/mol. The Morgan fingerprint density at radius 2 is 1.65 bits per heavy atom. The fourth-order valence-corrected chi connectivity index (χ4v) is 1.98. The van der Waals surface area contributed by atoms with Crippen molar-refractivity contribution < 1.29 is 72.6 Å². The van der Waals surface area contributed by atoms with Gasteiger partial charge in [-0.1, -0.05) is 39.5 Å². The zero-order chi connectivity index (χ0) is 12.8. The zero-order valence-electron chi connectivity index (χ0n) is 12.3. The van der Waals surface area contributed by atoms with E-state index in [1.807, 2.05) is 6.92 Å². The minimum atomic E-state index is -1.65. The van der Waals surface area contributed by atoms with E-state index in [9.17, 15) is 9.59 Å². The van der Waals surface area contributed by atoms with Gasteiger partial charge in [-0.25, -0.2) is 0 Å². The molecule has 2 N–H and O–H groups in total. The van der Waals surface area contributed by atoms with Gasteiger partial charge in [-0.15, -0.1) is 0 Å². The maximum Gasteiger partial charge on any atom is 1.00 e. The molecule has 1 atom stereocenters. The molecule has 0 aromatic carbocycles. The Morgan fingerprint density at radius 1 is 1.18 bits per heavy atom. The smallest absolute Gasteiger partial charge is 1.00 e. The summed E-state index contributed by atoms with van der Waals surface area (Å²) in [6.07, 6.45) is 4.21. The van der Waals surface area contributed by atoms with E-state index >= 15 is 0 Å². The van der Waals surface area contributed by atoms with Crippen molar-refractivity contribution in [3.8, 4) is 0 Å². The van der Waals surface area contributed by atoms with Crippen molar-refractivity contribution >= 4 is 11.9 Å². The van der Waals surface area contributed by atoms with Crippen LogP contribution in [-0.2, 0) is 9.59 Å². The average Bonchev–Trinajstić information content (AvgIpc) is 2.23.